The first kappa shape index (κ1) is 16.4. The highest BCUT2D eigenvalue weighted by Crippen LogP contribution is 2.23. The molecule has 0 unspecified atom stereocenters. The first-order valence-corrected chi connectivity index (χ1v) is 7.79. The number of nitrogens with zero attached hydrogens (tertiary/aromatic N) is 2. The number of benzene rings is 1. The molecule has 0 saturated carbocycles. The number of carbonyl (C=O) groups is 1. The van der Waals surface area contributed by atoms with E-state index in [-0.39, 0.29) is 19.2 Å². The van der Waals surface area contributed by atoms with Gasteiger partial charge < -0.3 is 20.1 Å². The normalized spacial score (nSPS) is 10.5. The van der Waals surface area contributed by atoms with E-state index in [0.29, 0.717) is 13.2 Å². The second kappa shape index (κ2) is 8.47. The average Bonchev–Trinajstić information content (AvgIpc) is 3.06. The molecule has 1 aromatic heterocycles. The number of thiazole rings is 1. The molecule has 0 spiro atoms. The van der Waals surface area contributed by atoms with Crippen molar-refractivity contribution in [3.63, 3.8) is 0 Å². The molecule has 2 N–H and O–H groups in total. The molecular formula is C15H19N3O3S. The van der Waals surface area contributed by atoms with Crippen LogP contribution in [0.25, 0.3) is 10.6 Å². The van der Waals surface area contributed by atoms with Gasteiger partial charge in [0.05, 0.1) is 19.8 Å². The molecule has 0 aliphatic heterocycles. The number of anilines is 1. The second-order valence-corrected chi connectivity index (χ2v) is 5.50. The number of nitrogens with one attached hydrogen (secondary N) is 1. The van der Waals surface area contributed by atoms with Crippen molar-refractivity contribution >= 4 is 23.1 Å². The first-order valence-electron chi connectivity index (χ1n) is 6.91. The number of ether oxygens (including phenoxy) is 1. The molecule has 0 bridgehead atoms. The number of aliphatic hydroxyl groups is 1. The Hall–Kier alpha value is -1.96. The smallest absolute Gasteiger partial charge is 0.321 e. The zero-order chi connectivity index (χ0) is 15.8. The van der Waals surface area contributed by atoms with Crippen LogP contribution in [0.2, 0.25) is 0 Å². The van der Waals surface area contributed by atoms with E-state index >= 15 is 0 Å². The largest absolute Gasteiger partial charge is 0.394 e. The summed E-state index contributed by atoms with van der Waals surface area (Å²) in [5.41, 5.74) is 1.76. The van der Waals surface area contributed by atoms with E-state index in [4.69, 9.17) is 9.84 Å². The van der Waals surface area contributed by atoms with Crippen LogP contribution in [0.4, 0.5) is 10.5 Å². The van der Waals surface area contributed by atoms with Gasteiger partial charge in [-0.25, -0.2) is 9.78 Å². The molecule has 0 aliphatic rings. The predicted octanol–water partition coefficient (Wildman–Crippen LogP) is 2.28. The van der Waals surface area contributed by atoms with Crippen LogP contribution in [0.5, 0.6) is 0 Å². The van der Waals surface area contributed by atoms with Gasteiger partial charge in [-0.1, -0.05) is 0 Å². The van der Waals surface area contributed by atoms with Gasteiger partial charge in [-0.3, -0.25) is 0 Å². The summed E-state index contributed by atoms with van der Waals surface area (Å²) in [6, 6.07) is 7.36. The maximum Gasteiger partial charge on any atom is 0.321 e. The average molecular weight is 321 g/mol. The number of amides is 2. The maximum absolute atomic E-state index is 12.0. The zero-order valence-corrected chi connectivity index (χ0v) is 13.2. The number of urea groups is 1. The van der Waals surface area contributed by atoms with Gasteiger partial charge in [0.15, 0.2) is 0 Å². The summed E-state index contributed by atoms with van der Waals surface area (Å²) in [5.74, 6) is 0. The minimum atomic E-state index is -0.199. The fraction of sp³-hybridized carbons (Fsp3) is 0.333. The Balaban J connectivity index is 1.83. The minimum absolute atomic E-state index is 0.0125. The van der Waals surface area contributed by atoms with Crippen LogP contribution >= 0.6 is 11.3 Å². The molecule has 2 amide bonds. The summed E-state index contributed by atoms with van der Waals surface area (Å²) in [4.78, 5) is 17.8. The van der Waals surface area contributed by atoms with Crippen molar-refractivity contribution in [3.8, 4) is 10.6 Å². The topological polar surface area (TPSA) is 74.7 Å². The van der Waals surface area contributed by atoms with Crippen LogP contribution in [0.3, 0.4) is 0 Å². The van der Waals surface area contributed by atoms with Gasteiger partial charge in [-0.15, -0.1) is 11.3 Å². The number of rotatable bonds is 7. The van der Waals surface area contributed by atoms with Gasteiger partial charge in [0.25, 0.3) is 0 Å². The Labute approximate surface area is 133 Å². The molecule has 22 heavy (non-hydrogen) atoms. The summed E-state index contributed by atoms with van der Waals surface area (Å²) in [6.07, 6.45) is 1.77. The molecule has 0 aliphatic carbocycles. The molecule has 1 aromatic carbocycles. The van der Waals surface area contributed by atoms with Gasteiger partial charge in [0.2, 0.25) is 0 Å². The first-order chi connectivity index (χ1) is 10.7. The number of hydrogen-bond acceptors (Lipinski definition) is 5. The molecule has 2 rings (SSSR count). The van der Waals surface area contributed by atoms with Crippen molar-refractivity contribution in [2.24, 2.45) is 0 Å². The zero-order valence-electron chi connectivity index (χ0n) is 12.4. The molecular weight excluding hydrogens is 302 g/mol. The third-order valence-electron chi connectivity index (χ3n) is 2.97. The van der Waals surface area contributed by atoms with E-state index < -0.39 is 0 Å². The Kier molecular flexibility index (Phi) is 6.32. The Morgan fingerprint density at radius 3 is 2.77 bits per heavy atom. The monoisotopic (exact) mass is 321 g/mol. The molecule has 2 aromatic rings. The van der Waals surface area contributed by atoms with Crippen molar-refractivity contribution in [1.82, 2.24) is 9.88 Å². The maximum atomic E-state index is 12.0. The Morgan fingerprint density at radius 1 is 1.36 bits per heavy atom. The third-order valence-corrected chi connectivity index (χ3v) is 3.79. The van der Waals surface area contributed by atoms with E-state index in [1.807, 2.05) is 29.6 Å². The predicted molar refractivity (Wildman–Crippen MR) is 87.1 cm³/mol. The van der Waals surface area contributed by atoms with E-state index in [9.17, 15) is 4.79 Å². The number of aliphatic hydroxyl groups excluding tert-OH is 1. The van der Waals surface area contributed by atoms with E-state index in [2.05, 4.69) is 10.3 Å². The van der Waals surface area contributed by atoms with Crippen molar-refractivity contribution in [2.45, 2.75) is 0 Å². The molecule has 0 radical (unpaired) electrons. The van der Waals surface area contributed by atoms with Gasteiger partial charge >= 0.3 is 6.03 Å². The lowest BCUT2D eigenvalue weighted by atomic mass is 10.2. The van der Waals surface area contributed by atoms with E-state index in [1.54, 1.807) is 24.6 Å². The summed E-state index contributed by atoms with van der Waals surface area (Å²) in [5, 5.41) is 14.3. The van der Waals surface area contributed by atoms with Crippen molar-refractivity contribution in [2.75, 3.05) is 38.7 Å². The minimum Gasteiger partial charge on any atom is -0.394 e. The number of aromatic nitrogens is 1. The summed E-state index contributed by atoms with van der Waals surface area (Å²) < 4.78 is 5.13. The summed E-state index contributed by atoms with van der Waals surface area (Å²) in [6.45, 7) is 1.13. The third kappa shape index (κ3) is 4.80. The summed E-state index contributed by atoms with van der Waals surface area (Å²) in [7, 11) is 1.70. The van der Waals surface area contributed by atoms with Crippen molar-refractivity contribution in [1.29, 1.82) is 0 Å². The molecule has 118 valence electrons. The van der Waals surface area contributed by atoms with Gasteiger partial charge in [-0.05, 0) is 24.3 Å². The second-order valence-electron chi connectivity index (χ2n) is 4.60. The number of carbonyl (C=O) groups excluding carboxylic acids is 1. The highest BCUT2D eigenvalue weighted by atomic mass is 32.1. The van der Waals surface area contributed by atoms with Crippen molar-refractivity contribution in [3.05, 3.63) is 35.8 Å². The number of hydrogen-bond donors (Lipinski definition) is 2. The molecule has 0 saturated heterocycles. The quantitative estimate of drug-likeness (QED) is 0.767. The van der Waals surface area contributed by atoms with Crippen LogP contribution in [-0.4, -0.2) is 54.4 Å². The Bertz CT molecular complexity index is 572. The van der Waals surface area contributed by atoms with E-state index in [1.165, 1.54) is 4.90 Å². The highest BCUT2D eigenvalue weighted by molar-refractivity contribution is 7.13. The van der Waals surface area contributed by atoms with Gasteiger partial charge in [-0.2, -0.15) is 0 Å². The lowest BCUT2D eigenvalue weighted by Gasteiger charge is -2.18. The fourth-order valence-electron chi connectivity index (χ4n) is 1.75. The van der Waals surface area contributed by atoms with Crippen LogP contribution in [-0.2, 0) is 4.74 Å². The van der Waals surface area contributed by atoms with Crippen molar-refractivity contribution < 1.29 is 14.6 Å². The molecule has 6 nitrogen and oxygen atoms in total. The lowest BCUT2D eigenvalue weighted by molar-refractivity contribution is 0.0833. The van der Waals surface area contributed by atoms with Crippen LogP contribution < -0.4 is 5.32 Å². The molecule has 0 atom stereocenters. The van der Waals surface area contributed by atoms with Crippen LogP contribution in [0.1, 0.15) is 0 Å². The SMILES string of the molecule is CN(CCOCCO)C(=O)Nc1ccc(-c2nccs2)cc1. The Morgan fingerprint density at radius 2 is 2.14 bits per heavy atom. The van der Waals surface area contributed by atoms with E-state index in [0.717, 1.165) is 16.3 Å². The summed E-state index contributed by atoms with van der Waals surface area (Å²) >= 11 is 1.58. The fourth-order valence-corrected chi connectivity index (χ4v) is 2.40. The standard InChI is InChI=1S/C15H19N3O3S/c1-18(7-9-21-10-8-19)15(20)17-13-4-2-12(3-5-13)14-16-6-11-22-14/h2-6,11,19H,7-10H2,1H3,(H,17,20). The lowest BCUT2D eigenvalue weighted by Crippen LogP contribution is -2.34. The van der Waals surface area contributed by atoms with Gasteiger partial charge in [0.1, 0.15) is 5.01 Å². The van der Waals surface area contributed by atoms with Crippen LogP contribution in [0.15, 0.2) is 35.8 Å². The molecule has 7 heteroatoms. The molecule has 0 fully saturated rings. The number of likely N-dealkylation sites (N-methyl/N-ethyl adjacent to an activating group) is 1. The highest BCUT2D eigenvalue weighted by Gasteiger charge is 2.08. The molecule has 1 heterocycles. The van der Waals surface area contributed by atoms with Crippen LogP contribution in [0, 0.1) is 0 Å². The van der Waals surface area contributed by atoms with Gasteiger partial charge in [0, 0.05) is 36.4 Å².